The van der Waals surface area contributed by atoms with Crippen LogP contribution in [0.2, 0.25) is 0 Å². The fourth-order valence-electron chi connectivity index (χ4n) is 2.97. The van der Waals surface area contributed by atoms with Crippen LogP contribution in [0.3, 0.4) is 0 Å². The number of carbonyl (C=O) groups is 1. The van der Waals surface area contributed by atoms with Gasteiger partial charge in [0.25, 0.3) is 10.0 Å². The van der Waals surface area contributed by atoms with Gasteiger partial charge in [0, 0.05) is 6.07 Å². The maximum Gasteiger partial charge on any atom is 0.261 e. The Labute approximate surface area is 163 Å². The van der Waals surface area contributed by atoms with Crippen LogP contribution in [0.1, 0.15) is 13.8 Å². The van der Waals surface area contributed by atoms with Gasteiger partial charge in [0.2, 0.25) is 5.91 Å². The van der Waals surface area contributed by atoms with E-state index >= 15 is 0 Å². The van der Waals surface area contributed by atoms with Gasteiger partial charge in [0.05, 0.1) is 21.7 Å². The van der Waals surface area contributed by atoms with Crippen molar-refractivity contribution in [3.63, 3.8) is 0 Å². The number of fused-ring (bicyclic) bond motifs is 2. The van der Waals surface area contributed by atoms with Crippen molar-refractivity contribution >= 4 is 38.1 Å². The molecule has 3 aromatic rings. The number of anilines is 2. The summed E-state index contributed by atoms with van der Waals surface area (Å²) < 4.78 is 33.9. The number of rotatable bonds is 3. The lowest BCUT2D eigenvalue weighted by atomic mass is 9.94. The predicted octanol–water partition coefficient (Wildman–Crippen LogP) is 4.00. The Morgan fingerprint density at radius 3 is 2.54 bits per heavy atom. The zero-order chi connectivity index (χ0) is 19.9. The maximum atomic E-state index is 12.8. The third-order valence-electron chi connectivity index (χ3n) is 4.72. The van der Waals surface area contributed by atoms with E-state index in [2.05, 4.69) is 10.0 Å². The Hall–Kier alpha value is -3.06. The van der Waals surface area contributed by atoms with Crippen molar-refractivity contribution in [2.45, 2.75) is 18.7 Å². The van der Waals surface area contributed by atoms with Crippen LogP contribution in [0.25, 0.3) is 10.8 Å². The highest BCUT2D eigenvalue weighted by Crippen LogP contribution is 2.35. The van der Waals surface area contributed by atoms with Gasteiger partial charge < -0.3 is 10.1 Å². The molecule has 7 heteroatoms. The zero-order valence-corrected chi connectivity index (χ0v) is 16.3. The molecule has 0 atom stereocenters. The first-order chi connectivity index (χ1) is 13.2. The lowest BCUT2D eigenvalue weighted by molar-refractivity contribution is -0.124. The van der Waals surface area contributed by atoms with Crippen LogP contribution in [0, 0.1) is 5.41 Å². The van der Waals surface area contributed by atoms with E-state index in [-0.39, 0.29) is 17.4 Å². The molecule has 28 heavy (non-hydrogen) atoms. The lowest BCUT2D eigenvalue weighted by Crippen LogP contribution is -2.33. The predicted molar refractivity (Wildman–Crippen MR) is 109 cm³/mol. The minimum absolute atomic E-state index is 0.143. The second-order valence-corrected chi connectivity index (χ2v) is 9.13. The van der Waals surface area contributed by atoms with Crippen molar-refractivity contribution < 1.29 is 17.9 Å². The van der Waals surface area contributed by atoms with E-state index in [1.54, 1.807) is 50.2 Å². The monoisotopic (exact) mass is 396 g/mol. The van der Waals surface area contributed by atoms with E-state index in [0.717, 1.165) is 10.8 Å². The molecule has 3 aromatic carbocycles. The van der Waals surface area contributed by atoms with Gasteiger partial charge in [-0.2, -0.15) is 0 Å². The number of nitrogens with one attached hydrogen (secondary N) is 2. The summed E-state index contributed by atoms with van der Waals surface area (Å²) in [4.78, 5) is 12.4. The van der Waals surface area contributed by atoms with Crippen molar-refractivity contribution in [1.29, 1.82) is 0 Å². The van der Waals surface area contributed by atoms with Crippen LogP contribution in [-0.4, -0.2) is 20.9 Å². The van der Waals surface area contributed by atoms with Crippen molar-refractivity contribution in [1.82, 2.24) is 0 Å². The average Bonchev–Trinajstić information content (AvgIpc) is 2.77. The number of carbonyl (C=O) groups excluding carboxylic acids is 1. The van der Waals surface area contributed by atoms with Crippen molar-refractivity contribution in [2.75, 3.05) is 16.6 Å². The molecule has 1 aliphatic heterocycles. The summed E-state index contributed by atoms with van der Waals surface area (Å²) in [7, 11) is -3.77. The molecule has 0 saturated carbocycles. The van der Waals surface area contributed by atoms with Crippen LogP contribution in [0.5, 0.6) is 5.75 Å². The Morgan fingerprint density at radius 2 is 1.75 bits per heavy atom. The maximum absolute atomic E-state index is 12.8. The molecule has 1 heterocycles. The Kier molecular flexibility index (Phi) is 4.27. The Bertz CT molecular complexity index is 1190. The Balaban J connectivity index is 1.63. The molecule has 0 saturated heterocycles. The lowest BCUT2D eigenvalue weighted by Gasteiger charge is -2.18. The molecule has 1 amide bonds. The summed E-state index contributed by atoms with van der Waals surface area (Å²) >= 11 is 0. The SMILES string of the molecule is CC1(C)COc2cc(NS(=O)(=O)c3ccc4ccccc4c3)ccc2NC1=O. The van der Waals surface area contributed by atoms with Gasteiger partial charge in [-0.1, -0.05) is 30.3 Å². The van der Waals surface area contributed by atoms with E-state index < -0.39 is 15.4 Å². The number of hydrogen-bond acceptors (Lipinski definition) is 4. The number of hydrogen-bond donors (Lipinski definition) is 2. The fraction of sp³-hybridized carbons (Fsp3) is 0.190. The third-order valence-corrected chi connectivity index (χ3v) is 6.10. The first kappa shape index (κ1) is 18.3. The number of sulfonamides is 1. The van der Waals surface area contributed by atoms with Gasteiger partial charge in [0.1, 0.15) is 12.4 Å². The second-order valence-electron chi connectivity index (χ2n) is 7.45. The molecule has 0 unspecified atom stereocenters. The van der Waals surface area contributed by atoms with Gasteiger partial charge in [-0.3, -0.25) is 9.52 Å². The van der Waals surface area contributed by atoms with Crippen molar-refractivity contribution in [3.05, 3.63) is 60.7 Å². The molecular weight excluding hydrogens is 376 g/mol. The molecule has 0 radical (unpaired) electrons. The minimum atomic E-state index is -3.77. The molecule has 1 aliphatic rings. The van der Waals surface area contributed by atoms with Crippen LogP contribution >= 0.6 is 0 Å². The standard InChI is InChI=1S/C21H20N2O4S/c1-21(2)13-27-19-12-16(8-10-18(19)22-20(21)24)23-28(25,26)17-9-7-14-5-3-4-6-15(14)11-17/h3-12,23H,13H2,1-2H3,(H,22,24). The normalized spacial score (nSPS) is 15.9. The summed E-state index contributed by atoms with van der Waals surface area (Å²) in [6, 6.07) is 17.4. The van der Waals surface area contributed by atoms with E-state index in [9.17, 15) is 13.2 Å². The summed E-state index contributed by atoms with van der Waals surface area (Å²) in [5.41, 5.74) is 0.203. The topological polar surface area (TPSA) is 84.5 Å². The number of ether oxygens (including phenoxy) is 1. The molecule has 0 spiro atoms. The molecule has 0 aliphatic carbocycles. The molecule has 0 aromatic heterocycles. The van der Waals surface area contributed by atoms with Crippen LogP contribution in [0.15, 0.2) is 65.6 Å². The molecular formula is C21H20N2O4S. The highest BCUT2D eigenvalue weighted by molar-refractivity contribution is 7.92. The number of benzene rings is 3. The summed E-state index contributed by atoms with van der Waals surface area (Å²) in [5.74, 6) is 0.286. The third kappa shape index (κ3) is 3.41. The summed E-state index contributed by atoms with van der Waals surface area (Å²) in [6.07, 6.45) is 0. The van der Waals surface area contributed by atoms with Crippen LogP contribution in [-0.2, 0) is 14.8 Å². The van der Waals surface area contributed by atoms with Crippen molar-refractivity contribution in [3.8, 4) is 5.75 Å². The van der Waals surface area contributed by atoms with E-state index in [1.165, 1.54) is 0 Å². The van der Waals surface area contributed by atoms with Gasteiger partial charge in [0.15, 0.2) is 0 Å². The molecule has 144 valence electrons. The number of amides is 1. The largest absolute Gasteiger partial charge is 0.490 e. The molecule has 6 nitrogen and oxygen atoms in total. The van der Waals surface area contributed by atoms with Gasteiger partial charge in [-0.05, 0) is 48.9 Å². The molecule has 4 rings (SSSR count). The van der Waals surface area contributed by atoms with Gasteiger partial charge in [-0.15, -0.1) is 0 Å². The zero-order valence-electron chi connectivity index (χ0n) is 15.5. The first-order valence-electron chi connectivity index (χ1n) is 8.85. The fourth-order valence-corrected chi connectivity index (χ4v) is 4.06. The second kappa shape index (κ2) is 6.53. The van der Waals surface area contributed by atoms with E-state index in [0.29, 0.717) is 17.1 Å². The van der Waals surface area contributed by atoms with E-state index in [4.69, 9.17) is 4.74 Å². The van der Waals surface area contributed by atoms with Crippen molar-refractivity contribution in [2.24, 2.45) is 5.41 Å². The molecule has 2 N–H and O–H groups in total. The van der Waals surface area contributed by atoms with Crippen LogP contribution < -0.4 is 14.8 Å². The summed E-state index contributed by atoms with van der Waals surface area (Å²) in [5, 5.41) is 4.63. The van der Waals surface area contributed by atoms with E-state index in [1.807, 2.05) is 24.3 Å². The molecule has 0 fully saturated rings. The highest BCUT2D eigenvalue weighted by atomic mass is 32.2. The molecule has 0 bridgehead atoms. The van der Waals surface area contributed by atoms with Gasteiger partial charge >= 0.3 is 0 Å². The highest BCUT2D eigenvalue weighted by Gasteiger charge is 2.32. The van der Waals surface area contributed by atoms with Crippen LogP contribution in [0.4, 0.5) is 11.4 Å². The smallest absolute Gasteiger partial charge is 0.261 e. The average molecular weight is 396 g/mol. The quantitative estimate of drug-likeness (QED) is 0.701. The first-order valence-corrected chi connectivity index (χ1v) is 10.3. The minimum Gasteiger partial charge on any atom is -0.490 e. The Morgan fingerprint density at radius 1 is 1.00 bits per heavy atom. The summed E-state index contributed by atoms with van der Waals surface area (Å²) in [6.45, 7) is 3.78. The van der Waals surface area contributed by atoms with Gasteiger partial charge in [-0.25, -0.2) is 8.42 Å².